The Labute approximate surface area is 146 Å². The van der Waals surface area contributed by atoms with Crippen molar-refractivity contribution < 1.29 is 17.9 Å². The molecule has 134 valence electrons. The molecule has 0 amide bonds. The van der Waals surface area contributed by atoms with E-state index in [2.05, 4.69) is 30.9 Å². The van der Waals surface area contributed by atoms with Gasteiger partial charge in [0.1, 0.15) is 5.75 Å². The summed E-state index contributed by atoms with van der Waals surface area (Å²) in [6, 6.07) is 14.8. The molecule has 2 nitrogen and oxygen atoms in total. The number of benzene rings is 2. The van der Waals surface area contributed by atoms with E-state index in [-0.39, 0.29) is 5.75 Å². The van der Waals surface area contributed by atoms with Crippen LogP contribution in [0, 0.1) is 0 Å². The Morgan fingerprint density at radius 1 is 0.840 bits per heavy atom. The average molecular weight is 349 g/mol. The van der Waals surface area contributed by atoms with Crippen LogP contribution < -0.4 is 9.64 Å². The van der Waals surface area contributed by atoms with Gasteiger partial charge in [0.2, 0.25) is 0 Å². The maximum Gasteiger partial charge on any atom is 0.422 e. The second kappa shape index (κ2) is 8.60. The molecule has 2 rings (SSSR count). The summed E-state index contributed by atoms with van der Waals surface area (Å²) in [6.45, 7) is 4.91. The zero-order valence-corrected chi connectivity index (χ0v) is 14.4. The third-order valence-corrected chi connectivity index (χ3v) is 3.77. The predicted octanol–water partition coefficient (Wildman–Crippen LogP) is 5.64. The van der Waals surface area contributed by atoms with Crippen LogP contribution in [0.1, 0.15) is 25.0 Å². The van der Waals surface area contributed by atoms with E-state index in [4.69, 9.17) is 4.74 Å². The van der Waals surface area contributed by atoms with Crippen LogP contribution in [0.5, 0.6) is 5.75 Å². The molecule has 0 fully saturated rings. The summed E-state index contributed by atoms with van der Waals surface area (Å²) in [4.78, 5) is 2.27. The molecule has 5 heteroatoms. The fourth-order valence-corrected chi connectivity index (χ4v) is 2.42. The third kappa shape index (κ3) is 6.18. The molecule has 0 saturated carbocycles. The molecule has 0 atom stereocenters. The minimum absolute atomic E-state index is 0.207. The van der Waals surface area contributed by atoms with Gasteiger partial charge >= 0.3 is 6.18 Å². The number of ether oxygens (including phenoxy) is 1. The quantitative estimate of drug-likeness (QED) is 0.599. The first-order valence-electron chi connectivity index (χ1n) is 8.24. The highest BCUT2D eigenvalue weighted by molar-refractivity contribution is 5.70. The predicted molar refractivity (Wildman–Crippen MR) is 96.9 cm³/mol. The second-order valence-electron chi connectivity index (χ2n) is 5.57. The summed E-state index contributed by atoms with van der Waals surface area (Å²) < 4.78 is 41.0. The monoisotopic (exact) mass is 349 g/mol. The number of hydrogen-bond donors (Lipinski definition) is 0. The molecule has 0 aromatic heterocycles. The maximum absolute atomic E-state index is 12.1. The van der Waals surface area contributed by atoms with Crippen molar-refractivity contribution in [3.05, 3.63) is 59.7 Å². The molecular weight excluding hydrogens is 327 g/mol. The van der Waals surface area contributed by atoms with Gasteiger partial charge in [-0.05, 0) is 49.2 Å². The SMILES string of the molecule is CCN(CC)c1ccc(C=Cc2ccc(OCC(F)(F)F)cc2)cc1. The summed E-state index contributed by atoms with van der Waals surface area (Å²) in [5, 5.41) is 0. The van der Waals surface area contributed by atoms with Crippen LogP contribution in [0.3, 0.4) is 0 Å². The van der Waals surface area contributed by atoms with Crippen molar-refractivity contribution >= 4 is 17.8 Å². The number of anilines is 1. The highest BCUT2D eigenvalue weighted by Crippen LogP contribution is 2.20. The molecule has 0 radical (unpaired) electrons. The molecule has 0 heterocycles. The summed E-state index contributed by atoms with van der Waals surface area (Å²) in [6.07, 6.45) is -0.437. The Balaban J connectivity index is 1.97. The highest BCUT2D eigenvalue weighted by atomic mass is 19.4. The van der Waals surface area contributed by atoms with Gasteiger partial charge in [0, 0.05) is 18.8 Å². The lowest BCUT2D eigenvalue weighted by Crippen LogP contribution is -2.21. The van der Waals surface area contributed by atoms with E-state index in [1.165, 1.54) is 17.8 Å². The van der Waals surface area contributed by atoms with E-state index < -0.39 is 12.8 Å². The third-order valence-electron chi connectivity index (χ3n) is 3.77. The fourth-order valence-electron chi connectivity index (χ4n) is 2.42. The highest BCUT2D eigenvalue weighted by Gasteiger charge is 2.28. The number of halogens is 3. The van der Waals surface area contributed by atoms with Crippen molar-refractivity contribution in [1.29, 1.82) is 0 Å². The van der Waals surface area contributed by atoms with Crippen LogP contribution in [0.15, 0.2) is 48.5 Å². The van der Waals surface area contributed by atoms with Crippen molar-refractivity contribution in [2.75, 3.05) is 24.6 Å². The molecule has 0 bridgehead atoms. The van der Waals surface area contributed by atoms with E-state index in [9.17, 15) is 13.2 Å². The van der Waals surface area contributed by atoms with E-state index in [0.717, 1.165) is 24.2 Å². The molecule has 0 unspecified atom stereocenters. The smallest absolute Gasteiger partial charge is 0.422 e. The van der Waals surface area contributed by atoms with Crippen LogP contribution in [-0.2, 0) is 0 Å². The number of hydrogen-bond acceptors (Lipinski definition) is 2. The first kappa shape index (κ1) is 18.9. The van der Waals surface area contributed by atoms with Gasteiger partial charge in [-0.2, -0.15) is 13.2 Å². The fraction of sp³-hybridized carbons (Fsp3) is 0.300. The van der Waals surface area contributed by atoms with Gasteiger partial charge in [-0.3, -0.25) is 0 Å². The minimum Gasteiger partial charge on any atom is -0.484 e. The standard InChI is InChI=1S/C20H22F3NO/c1-3-24(4-2)18-11-7-16(8-12-18)5-6-17-9-13-19(14-10-17)25-15-20(21,22)23/h5-14H,3-4,15H2,1-2H3. The molecule has 2 aromatic carbocycles. The summed E-state index contributed by atoms with van der Waals surface area (Å²) in [7, 11) is 0. The topological polar surface area (TPSA) is 12.5 Å². The number of alkyl halides is 3. The zero-order valence-electron chi connectivity index (χ0n) is 14.4. The van der Waals surface area contributed by atoms with Gasteiger partial charge in [-0.15, -0.1) is 0 Å². The first-order chi connectivity index (χ1) is 11.9. The summed E-state index contributed by atoms with van der Waals surface area (Å²) in [5.41, 5.74) is 3.15. The van der Waals surface area contributed by atoms with Crippen LogP contribution >= 0.6 is 0 Å². The van der Waals surface area contributed by atoms with Crippen LogP contribution in [0.25, 0.3) is 12.2 Å². The van der Waals surface area contributed by atoms with Crippen molar-refractivity contribution in [2.45, 2.75) is 20.0 Å². The van der Waals surface area contributed by atoms with Crippen molar-refractivity contribution in [2.24, 2.45) is 0 Å². The average Bonchev–Trinajstić information content (AvgIpc) is 2.60. The Kier molecular flexibility index (Phi) is 6.51. The molecular formula is C20H22F3NO. The molecule has 0 spiro atoms. The van der Waals surface area contributed by atoms with Crippen LogP contribution in [0.2, 0.25) is 0 Å². The van der Waals surface area contributed by atoms with E-state index in [0.29, 0.717) is 0 Å². The van der Waals surface area contributed by atoms with Crippen molar-refractivity contribution in [3.8, 4) is 5.75 Å². The molecule has 0 N–H and O–H groups in total. The van der Waals surface area contributed by atoms with Crippen LogP contribution in [-0.4, -0.2) is 25.9 Å². The van der Waals surface area contributed by atoms with E-state index in [1.54, 1.807) is 12.1 Å². The molecule has 25 heavy (non-hydrogen) atoms. The minimum atomic E-state index is -4.32. The number of rotatable bonds is 7. The zero-order chi connectivity index (χ0) is 18.3. The first-order valence-corrected chi connectivity index (χ1v) is 8.24. The normalized spacial score (nSPS) is 11.7. The Morgan fingerprint density at radius 2 is 1.32 bits per heavy atom. The largest absolute Gasteiger partial charge is 0.484 e. The maximum atomic E-state index is 12.1. The molecule has 0 aliphatic heterocycles. The second-order valence-corrected chi connectivity index (χ2v) is 5.57. The molecule has 0 saturated heterocycles. The van der Waals surface area contributed by atoms with Gasteiger partial charge in [-0.1, -0.05) is 36.4 Å². The van der Waals surface area contributed by atoms with Crippen LogP contribution in [0.4, 0.5) is 18.9 Å². The van der Waals surface area contributed by atoms with Crippen molar-refractivity contribution in [3.63, 3.8) is 0 Å². The van der Waals surface area contributed by atoms with Gasteiger partial charge in [0.05, 0.1) is 0 Å². The summed E-state index contributed by atoms with van der Waals surface area (Å²) in [5.74, 6) is 0.207. The molecule has 0 aliphatic carbocycles. The summed E-state index contributed by atoms with van der Waals surface area (Å²) >= 11 is 0. The lowest BCUT2D eigenvalue weighted by atomic mass is 10.1. The van der Waals surface area contributed by atoms with Gasteiger partial charge < -0.3 is 9.64 Å². The Morgan fingerprint density at radius 3 is 1.76 bits per heavy atom. The lowest BCUT2D eigenvalue weighted by molar-refractivity contribution is -0.153. The lowest BCUT2D eigenvalue weighted by Gasteiger charge is -2.20. The van der Waals surface area contributed by atoms with Crippen molar-refractivity contribution in [1.82, 2.24) is 0 Å². The molecule has 2 aromatic rings. The number of nitrogens with zero attached hydrogens (tertiary/aromatic N) is 1. The Bertz CT molecular complexity index is 672. The van der Waals surface area contributed by atoms with E-state index >= 15 is 0 Å². The molecule has 0 aliphatic rings. The Hall–Kier alpha value is -2.43. The van der Waals surface area contributed by atoms with Gasteiger partial charge in [0.15, 0.2) is 6.61 Å². The van der Waals surface area contributed by atoms with E-state index in [1.807, 2.05) is 24.3 Å². The van der Waals surface area contributed by atoms with Gasteiger partial charge in [-0.25, -0.2) is 0 Å². The van der Waals surface area contributed by atoms with Gasteiger partial charge in [0.25, 0.3) is 0 Å².